The van der Waals surface area contributed by atoms with Crippen LogP contribution in [0.3, 0.4) is 0 Å². The number of aromatic nitrogens is 1. The van der Waals surface area contributed by atoms with E-state index in [0.29, 0.717) is 35.6 Å². The lowest BCUT2D eigenvalue weighted by Crippen LogP contribution is -2.02. The Morgan fingerprint density at radius 2 is 1.81 bits per heavy atom. The maximum absolute atomic E-state index is 5.76. The Hall–Kier alpha value is -2.66. The van der Waals surface area contributed by atoms with Crippen LogP contribution < -0.4 is 14.2 Å². The van der Waals surface area contributed by atoms with E-state index < -0.39 is 0 Å². The summed E-state index contributed by atoms with van der Waals surface area (Å²) in [7, 11) is 3.19. The highest BCUT2D eigenvalue weighted by Crippen LogP contribution is 2.39. The van der Waals surface area contributed by atoms with E-state index in [9.17, 15) is 0 Å². The Bertz CT molecular complexity index is 846. The van der Waals surface area contributed by atoms with Crippen molar-refractivity contribution < 1.29 is 18.6 Å². The molecule has 6 heteroatoms. The van der Waals surface area contributed by atoms with E-state index >= 15 is 0 Å². The van der Waals surface area contributed by atoms with Crippen molar-refractivity contribution in [3.63, 3.8) is 0 Å². The zero-order valence-electron chi connectivity index (χ0n) is 14.7. The van der Waals surface area contributed by atoms with Crippen molar-refractivity contribution in [2.45, 2.75) is 6.42 Å². The molecule has 0 N–H and O–H groups in total. The monoisotopic (exact) mass is 373 g/mol. The third-order valence-electron chi connectivity index (χ3n) is 3.74. The van der Waals surface area contributed by atoms with E-state index in [4.69, 9.17) is 30.2 Å². The summed E-state index contributed by atoms with van der Waals surface area (Å²) in [4.78, 5) is 4.43. The van der Waals surface area contributed by atoms with E-state index in [2.05, 4.69) is 4.98 Å². The highest BCUT2D eigenvalue weighted by atomic mass is 35.5. The molecular formula is C20H20ClNO4. The molecule has 0 radical (unpaired) electrons. The van der Waals surface area contributed by atoms with Crippen LogP contribution in [0.15, 0.2) is 40.8 Å². The third kappa shape index (κ3) is 4.11. The number of oxazole rings is 1. The Kier molecular flexibility index (Phi) is 6.02. The normalized spacial score (nSPS) is 11.2. The number of alkyl halides is 1. The molecule has 3 aromatic rings. The quantitative estimate of drug-likeness (QED) is 0.409. The second kappa shape index (κ2) is 8.63. The first-order chi connectivity index (χ1) is 12.7. The molecular weight excluding hydrogens is 354 g/mol. The lowest BCUT2D eigenvalue weighted by atomic mass is 10.1. The van der Waals surface area contributed by atoms with Crippen molar-refractivity contribution in [3.8, 4) is 17.2 Å². The van der Waals surface area contributed by atoms with Crippen molar-refractivity contribution in [1.82, 2.24) is 4.98 Å². The Labute approximate surface area is 157 Å². The zero-order valence-corrected chi connectivity index (χ0v) is 15.5. The number of benzene rings is 2. The van der Waals surface area contributed by atoms with E-state index in [1.165, 1.54) is 0 Å². The van der Waals surface area contributed by atoms with Gasteiger partial charge >= 0.3 is 0 Å². The third-order valence-corrected chi connectivity index (χ3v) is 4.00. The Morgan fingerprint density at radius 3 is 2.46 bits per heavy atom. The van der Waals surface area contributed by atoms with Crippen LogP contribution in [0.1, 0.15) is 17.9 Å². The van der Waals surface area contributed by atoms with Crippen molar-refractivity contribution in [1.29, 1.82) is 0 Å². The van der Waals surface area contributed by atoms with Gasteiger partial charge in [0.15, 0.2) is 17.1 Å². The zero-order chi connectivity index (χ0) is 18.4. The van der Waals surface area contributed by atoms with Crippen LogP contribution >= 0.6 is 11.6 Å². The van der Waals surface area contributed by atoms with Crippen molar-refractivity contribution >= 4 is 34.9 Å². The maximum atomic E-state index is 5.76. The number of halogens is 1. The first kappa shape index (κ1) is 18.1. The van der Waals surface area contributed by atoms with Crippen LogP contribution in [0, 0.1) is 0 Å². The number of methoxy groups -OCH3 is 2. The van der Waals surface area contributed by atoms with Crippen molar-refractivity contribution in [3.05, 3.63) is 47.9 Å². The van der Waals surface area contributed by atoms with Gasteiger partial charge < -0.3 is 18.6 Å². The summed E-state index contributed by atoms with van der Waals surface area (Å²) in [5.41, 5.74) is 2.46. The highest BCUT2D eigenvalue weighted by molar-refractivity contribution is 6.17. The number of fused-ring (bicyclic) bond motifs is 1. The van der Waals surface area contributed by atoms with Gasteiger partial charge in [0.2, 0.25) is 11.6 Å². The van der Waals surface area contributed by atoms with Crippen molar-refractivity contribution in [2.24, 2.45) is 0 Å². The molecule has 0 atom stereocenters. The minimum absolute atomic E-state index is 0.494. The predicted octanol–water partition coefficient (Wildman–Crippen LogP) is 5.02. The molecule has 0 saturated heterocycles. The Morgan fingerprint density at radius 1 is 1.08 bits per heavy atom. The summed E-state index contributed by atoms with van der Waals surface area (Å²) in [5, 5.41) is 0. The molecule has 1 aromatic heterocycles. The van der Waals surface area contributed by atoms with Gasteiger partial charge in [0.1, 0.15) is 5.52 Å². The lowest BCUT2D eigenvalue weighted by molar-refractivity contribution is 0.275. The van der Waals surface area contributed by atoms with E-state index in [0.717, 1.165) is 23.1 Å². The Balaban J connectivity index is 1.87. The molecule has 5 nitrogen and oxygen atoms in total. The van der Waals surface area contributed by atoms with Crippen LogP contribution in [-0.4, -0.2) is 31.7 Å². The van der Waals surface area contributed by atoms with Crippen LogP contribution in [0.5, 0.6) is 17.2 Å². The fourth-order valence-corrected chi connectivity index (χ4v) is 2.61. The van der Waals surface area contributed by atoms with Crippen LogP contribution in [0.25, 0.3) is 23.3 Å². The van der Waals surface area contributed by atoms with E-state index in [-0.39, 0.29) is 0 Å². The molecule has 0 aliphatic rings. The predicted molar refractivity (Wildman–Crippen MR) is 103 cm³/mol. The number of hydrogen-bond acceptors (Lipinski definition) is 5. The molecule has 3 rings (SSSR count). The number of para-hydroxylation sites is 2. The van der Waals surface area contributed by atoms with E-state index in [1.54, 1.807) is 14.2 Å². The first-order valence-electron chi connectivity index (χ1n) is 8.23. The first-order valence-corrected chi connectivity index (χ1v) is 8.77. The molecule has 0 saturated carbocycles. The van der Waals surface area contributed by atoms with Gasteiger partial charge in [0, 0.05) is 12.0 Å². The molecule has 136 valence electrons. The standard InChI is InChI=1S/C20H20ClNO4/c1-23-17-12-14(13-18(24-2)20(17)25-11-5-10-21)8-9-19-22-15-6-3-4-7-16(15)26-19/h3-4,6-9,12-13H,5,10-11H2,1-2H3/b9-8+. The summed E-state index contributed by atoms with van der Waals surface area (Å²) in [6, 6.07) is 11.4. The second-order valence-electron chi connectivity index (χ2n) is 5.50. The molecule has 0 amide bonds. The van der Waals surface area contributed by atoms with Gasteiger partial charge in [-0.3, -0.25) is 0 Å². The molecule has 0 aliphatic heterocycles. The molecule has 0 bridgehead atoms. The number of ether oxygens (including phenoxy) is 3. The van der Waals surface area contributed by atoms with Crippen LogP contribution in [-0.2, 0) is 0 Å². The van der Waals surface area contributed by atoms with Gasteiger partial charge in [-0.1, -0.05) is 12.1 Å². The van der Waals surface area contributed by atoms with Gasteiger partial charge in [-0.2, -0.15) is 0 Å². The summed E-state index contributed by atoms with van der Waals surface area (Å²) in [6.45, 7) is 0.494. The molecule has 1 heterocycles. The van der Waals surface area contributed by atoms with E-state index in [1.807, 2.05) is 48.6 Å². The average molecular weight is 374 g/mol. The summed E-state index contributed by atoms with van der Waals surface area (Å²) in [6.07, 6.45) is 4.44. The fourth-order valence-electron chi connectivity index (χ4n) is 2.50. The van der Waals surface area contributed by atoms with Gasteiger partial charge in [-0.15, -0.1) is 11.6 Å². The molecule has 0 spiro atoms. The number of hydrogen-bond donors (Lipinski definition) is 0. The molecule has 2 aromatic carbocycles. The van der Waals surface area contributed by atoms with Gasteiger partial charge in [-0.05, 0) is 42.3 Å². The van der Waals surface area contributed by atoms with Crippen molar-refractivity contribution in [2.75, 3.05) is 26.7 Å². The maximum Gasteiger partial charge on any atom is 0.220 e. The highest BCUT2D eigenvalue weighted by Gasteiger charge is 2.13. The second-order valence-corrected chi connectivity index (χ2v) is 5.88. The largest absolute Gasteiger partial charge is 0.493 e. The van der Waals surface area contributed by atoms with Gasteiger partial charge in [0.05, 0.1) is 20.8 Å². The minimum Gasteiger partial charge on any atom is -0.493 e. The molecule has 26 heavy (non-hydrogen) atoms. The van der Waals surface area contributed by atoms with Crippen LogP contribution in [0.2, 0.25) is 0 Å². The van der Waals surface area contributed by atoms with Gasteiger partial charge in [-0.25, -0.2) is 4.98 Å². The molecule has 0 aliphatic carbocycles. The van der Waals surface area contributed by atoms with Crippen LogP contribution in [0.4, 0.5) is 0 Å². The SMILES string of the molecule is COc1cc(/C=C/c2nc3ccccc3o2)cc(OC)c1OCCCCl. The van der Waals surface area contributed by atoms with Gasteiger partial charge in [0.25, 0.3) is 0 Å². The smallest absolute Gasteiger partial charge is 0.220 e. The summed E-state index contributed by atoms with van der Waals surface area (Å²) < 4.78 is 22.3. The summed E-state index contributed by atoms with van der Waals surface area (Å²) in [5.74, 6) is 2.83. The molecule has 0 unspecified atom stereocenters. The number of rotatable bonds is 8. The lowest BCUT2D eigenvalue weighted by Gasteiger charge is -2.15. The number of nitrogens with zero attached hydrogens (tertiary/aromatic N) is 1. The average Bonchev–Trinajstić information content (AvgIpc) is 3.09. The summed E-state index contributed by atoms with van der Waals surface area (Å²) >= 11 is 5.70. The topological polar surface area (TPSA) is 53.7 Å². The molecule has 0 fully saturated rings. The fraction of sp³-hybridized carbons (Fsp3) is 0.250. The minimum atomic E-state index is 0.494.